The number of hydrogen-bond acceptors (Lipinski definition) is 6. The van der Waals surface area contributed by atoms with Gasteiger partial charge in [-0.25, -0.2) is 4.79 Å². The van der Waals surface area contributed by atoms with Crippen molar-refractivity contribution in [1.29, 1.82) is 0 Å². The summed E-state index contributed by atoms with van der Waals surface area (Å²) in [6.45, 7) is 10.8. The average molecular weight is 456 g/mol. The molecular formula is C25H37N5O3. The Morgan fingerprint density at radius 3 is 2.27 bits per heavy atom. The van der Waals surface area contributed by atoms with Crippen molar-refractivity contribution in [2.45, 2.75) is 72.3 Å². The largest absolute Gasteiger partial charge is 0.444 e. The van der Waals surface area contributed by atoms with E-state index in [1.54, 1.807) is 6.07 Å². The summed E-state index contributed by atoms with van der Waals surface area (Å²) in [7, 11) is 0. The molecule has 1 aromatic carbocycles. The first kappa shape index (κ1) is 26.1. The standard InChI is InChI=1S/C25H37N5O3/c1-18-14-15-22(30-29-18)28-23(31)20-12-11-13-21(19(20)2)26-16-9-7-6-8-10-17-27-24(32)33-25(3,4)5/h11-15,26H,6-10,16-17H2,1-5H3,(H,27,32)(H,28,30,31). The highest BCUT2D eigenvalue weighted by Gasteiger charge is 2.15. The zero-order valence-electron chi connectivity index (χ0n) is 20.5. The predicted octanol–water partition coefficient (Wildman–Crippen LogP) is 5.23. The van der Waals surface area contributed by atoms with Crippen LogP contribution in [0.2, 0.25) is 0 Å². The summed E-state index contributed by atoms with van der Waals surface area (Å²) < 4.78 is 5.22. The topological polar surface area (TPSA) is 105 Å². The number of aromatic nitrogens is 2. The first-order chi connectivity index (χ1) is 15.7. The number of amides is 2. The lowest BCUT2D eigenvalue weighted by Crippen LogP contribution is -2.32. The maximum atomic E-state index is 12.6. The molecule has 1 heterocycles. The van der Waals surface area contributed by atoms with E-state index in [0.717, 1.165) is 55.6 Å². The number of nitrogens with zero attached hydrogens (tertiary/aromatic N) is 2. The minimum Gasteiger partial charge on any atom is -0.444 e. The van der Waals surface area contributed by atoms with Crippen LogP contribution in [0.1, 0.15) is 74.5 Å². The summed E-state index contributed by atoms with van der Waals surface area (Å²) in [6.07, 6.45) is 4.89. The van der Waals surface area contributed by atoms with Crippen LogP contribution in [-0.2, 0) is 4.74 Å². The fraction of sp³-hybridized carbons (Fsp3) is 0.520. The van der Waals surface area contributed by atoms with Gasteiger partial charge in [-0.1, -0.05) is 25.3 Å². The summed E-state index contributed by atoms with van der Waals surface area (Å²) in [5.41, 5.74) is 2.81. The molecular weight excluding hydrogens is 418 g/mol. The van der Waals surface area contributed by atoms with Crippen LogP contribution < -0.4 is 16.0 Å². The van der Waals surface area contributed by atoms with Crippen LogP contribution in [0.15, 0.2) is 30.3 Å². The number of carbonyl (C=O) groups is 2. The molecule has 2 amide bonds. The number of rotatable bonds is 11. The molecule has 33 heavy (non-hydrogen) atoms. The molecule has 180 valence electrons. The molecule has 1 aromatic heterocycles. The molecule has 3 N–H and O–H groups in total. The van der Waals surface area contributed by atoms with Crippen molar-refractivity contribution in [3.05, 3.63) is 47.2 Å². The van der Waals surface area contributed by atoms with Gasteiger partial charge in [0, 0.05) is 24.3 Å². The van der Waals surface area contributed by atoms with Crippen LogP contribution >= 0.6 is 0 Å². The molecule has 8 heteroatoms. The molecule has 0 aliphatic rings. The third-order valence-electron chi connectivity index (χ3n) is 4.96. The molecule has 0 unspecified atom stereocenters. The summed E-state index contributed by atoms with van der Waals surface area (Å²) in [5, 5.41) is 17.0. The molecule has 0 aliphatic carbocycles. The highest BCUT2D eigenvalue weighted by atomic mass is 16.6. The molecule has 0 atom stereocenters. The van der Waals surface area contributed by atoms with Gasteiger partial charge < -0.3 is 20.7 Å². The Kier molecular flexibility index (Phi) is 10.1. The maximum absolute atomic E-state index is 12.6. The van der Waals surface area contributed by atoms with E-state index in [-0.39, 0.29) is 12.0 Å². The van der Waals surface area contributed by atoms with Gasteiger partial charge in [-0.3, -0.25) is 4.79 Å². The molecule has 0 fully saturated rings. The lowest BCUT2D eigenvalue weighted by molar-refractivity contribution is 0.0526. The zero-order valence-corrected chi connectivity index (χ0v) is 20.5. The van der Waals surface area contributed by atoms with Crippen molar-refractivity contribution >= 4 is 23.5 Å². The van der Waals surface area contributed by atoms with E-state index in [9.17, 15) is 9.59 Å². The molecule has 0 bridgehead atoms. The SMILES string of the molecule is Cc1ccc(NC(=O)c2cccc(NCCCCCCCNC(=O)OC(C)(C)C)c2C)nn1. The van der Waals surface area contributed by atoms with E-state index in [1.807, 2.05) is 58.9 Å². The number of nitrogens with one attached hydrogen (secondary N) is 3. The van der Waals surface area contributed by atoms with Crippen molar-refractivity contribution in [3.63, 3.8) is 0 Å². The van der Waals surface area contributed by atoms with Crippen molar-refractivity contribution in [1.82, 2.24) is 15.5 Å². The Hall–Kier alpha value is -3.16. The van der Waals surface area contributed by atoms with Crippen LogP contribution in [0, 0.1) is 13.8 Å². The Morgan fingerprint density at radius 1 is 0.909 bits per heavy atom. The number of carbonyl (C=O) groups excluding carboxylic acids is 2. The first-order valence-corrected chi connectivity index (χ1v) is 11.6. The Morgan fingerprint density at radius 2 is 1.61 bits per heavy atom. The molecule has 8 nitrogen and oxygen atoms in total. The maximum Gasteiger partial charge on any atom is 0.407 e. The Balaban J connectivity index is 1.66. The number of hydrogen-bond donors (Lipinski definition) is 3. The average Bonchev–Trinajstić information content (AvgIpc) is 2.74. The quantitative estimate of drug-likeness (QED) is 0.401. The van der Waals surface area contributed by atoms with Gasteiger partial charge in [0.25, 0.3) is 5.91 Å². The highest BCUT2D eigenvalue weighted by Crippen LogP contribution is 2.20. The number of alkyl carbamates (subject to hydrolysis) is 1. The lowest BCUT2D eigenvalue weighted by Gasteiger charge is -2.19. The normalized spacial score (nSPS) is 11.1. The van der Waals surface area contributed by atoms with E-state index in [0.29, 0.717) is 17.9 Å². The van der Waals surface area contributed by atoms with Gasteiger partial charge in [0.15, 0.2) is 5.82 Å². The Labute approximate surface area is 196 Å². The first-order valence-electron chi connectivity index (χ1n) is 11.6. The fourth-order valence-corrected chi connectivity index (χ4v) is 3.23. The Bertz CT molecular complexity index is 907. The lowest BCUT2D eigenvalue weighted by atomic mass is 10.1. The van der Waals surface area contributed by atoms with E-state index < -0.39 is 5.60 Å². The molecule has 2 aromatic rings. The monoisotopic (exact) mass is 455 g/mol. The molecule has 0 radical (unpaired) electrons. The third-order valence-corrected chi connectivity index (χ3v) is 4.96. The minimum absolute atomic E-state index is 0.200. The molecule has 0 spiro atoms. The van der Waals surface area contributed by atoms with Crippen LogP contribution in [-0.4, -0.2) is 40.9 Å². The van der Waals surface area contributed by atoms with Crippen LogP contribution in [0.3, 0.4) is 0 Å². The van der Waals surface area contributed by atoms with Gasteiger partial charge in [0.05, 0.1) is 5.69 Å². The number of unbranched alkanes of at least 4 members (excludes halogenated alkanes) is 4. The molecule has 0 saturated carbocycles. The van der Waals surface area contributed by atoms with Crippen molar-refractivity contribution in [2.75, 3.05) is 23.7 Å². The second-order valence-corrected chi connectivity index (χ2v) is 9.12. The molecule has 0 aliphatic heterocycles. The van der Waals surface area contributed by atoms with E-state index in [2.05, 4.69) is 26.1 Å². The summed E-state index contributed by atoms with van der Waals surface area (Å²) in [6, 6.07) is 9.22. The zero-order chi connectivity index (χ0) is 24.3. The van der Waals surface area contributed by atoms with Gasteiger partial charge in [-0.05, 0) is 77.3 Å². The highest BCUT2D eigenvalue weighted by molar-refractivity contribution is 6.05. The van der Waals surface area contributed by atoms with Crippen LogP contribution in [0.5, 0.6) is 0 Å². The van der Waals surface area contributed by atoms with E-state index in [4.69, 9.17) is 4.74 Å². The van der Waals surface area contributed by atoms with Gasteiger partial charge >= 0.3 is 6.09 Å². The number of anilines is 2. The van der Waals surface area contributed by atoms with Crippen LogP contribution in [0.4, 0.5) is 16.3 Å². The van der Waals surface area contributed by atoms with Crippen molar-refractivity contribution in [2.24, 2.45) is 0 Å². The number of benzene rings is 1. The summed E-state index contributed by atoms with van der Waals surface area (Å²) in [5.74, 6) is 0.235. The fourth-order valence-electron chi connectivity index (χ4n) is 3.23. The number of aryl methyl sites for hydroxylation is 1. The van der Waals surface area contributed by atoms with Gasteiger partial charge in [-0.15, -0.1) is 5.10 Å². The van der Waals surface area contributed by atoms with Gasteiger partial charge in [0.1, 0.15) is 5.60 Å². The van der Waals surface area contributed by atoms with Crippen LogP contribution in [0.25, 0.3) is 0 Å². The van der Waals surface area contributed by atoms with Gasteiger partial charge in [0.2, 0.25) is 0 Å². The van der Waals surface area contributed by atoms with Crippen molar-refractivity contribution in [3.8, 4) is 0 Å². The molecule has 2 rings (SSSR count). The number of ether oxygens (including phenoxy) is 1. The predicted molar refractivity (Wildman–Crippen MR) is 132 cm³/mol. The minimum atomic E-state index is -0.464. The smallest absolute Gasteiger partial charge is 0.407 e. The second-order valence-electron chi connectivity index (χ2n) is 9.12. The molecule has 0 saturated heterocycles. The second kappa shape index (κ2) is 12.8. The summed E-state index contributed by atoms with van der Waals surface area (Å²) in [4.78, 5) is 24.2. The third kappa shape index (κ3) is 9.89. The van der Waals surface area contributed by atoms with E-state index >= 15 is 0 Å². The van der Waals surface area contributed by atoms with Gasteiger partial charge in [-0.2, -0.15) is 5.10 Å². The van der Waals surface area contributed by atoms with E-state index in [1.165, 1.54) is 0 Å². The van der Waals surface area contributed by atoms with Crippen molar-refractivity contribution < 1.29 is 14.3 Å². The summed E-state index contributed by atoms with van der Waals surface area (Å²) >= 11 is 0.